The number of likely N-dealkylation sites (N-methyl/N-ethyl adjacent to an activating group) is 1. The van der Waals surface area contributed by atoms with E-state index in [-0.39, 0.29) is 5.91 Å². The van der Waals surface area contributed by atoms with Crippen molar-refractivity contribution in [1.29, 1.82) is 0 Å². The predicted molar refractivity (Wildman–Crippen MR) is 111 cm³/mol. The van der Waals surface area contributed by atoms with Gasteiger partial charge in [0, 0.05) is 18.3 Å². The van der Waals surface area contributed by atoms with Gasteiger partial charge in [0.25, 0.3) is 5.56 Å². The first-order valence-corrected chi connectivity index (χ1v) is 9.27. The summed E-state index contributed by atoms with van der Waals surface area (Å²) in [5, 5.41) is 0.295. The molecular weight excluding hydrogens is 368 g/mol. The Morgan fingerprint density at radius 1 is 0.897 bits per heavy atom. The number of carbonyl (C=O) groups excluding carboxylic acids is 1. The monoisotopic (exact) mass is 386 g/mol. The summed E-state index contributed by atoms with van der Waals surface area (Å²) >= 11 is 0. The second-order valence-corrected chi connectivity index (χ2v) is 7.33. The maximum Gasteiger partial charge on any atom is 0.327 e. The molecule has 1 amide bonds. The number of hydrogen-bond acceptors (Lipinski definition) is 3. The van der Waals surface area contributed by atoms with E-state index in [1.165, 1.54) is 0 Å². The molecule has 0 saturated carbocycles. The van der Waals surface area contributed by atoms with E-state index in [0.29, 0.717) is 22.3 Å². The lowest BCUT2D eigenvalue weighted by molar-refractivity contribution is -0.118. The Morgan fingerprint density at radius 2 is 1.62 bits per heavy atom. The predicted octanol–water partition coefficient (Wildman–Crippen LogP) is 2.63. The highest BCUT2D eigenvalue weighted by Crippen LogP contribution is 2.45. The second kappa shape index (κ2) is 6.07. The lowest BCUT2D eigenvalue weighted by atomic mass is 9.89. The van der Waals surface area contributed by atoms with Gasteiger partial charge in [-0.05, 0) is 24.1 Å². The lowest BCUT2D eigenvalue weighted by Crippen LogP contribution is -2.26. The Bertz CT molecular complexity index is 1390. The molecule has 29 heavy (non-hydrogen) atoms. The van der Waals surface area contributed by atoms with Gasteiger partial charge in [-0.1, -0.05) is 48.0 Å². The number of aromatic nitrogens is 3. The molecule has 0 bridgehead atoms. The van der Waals surface area contributed by atoms with Crippen molar-refractivity contribution >= 4 is 22.6 Å². The normalized spacial score (nSPS) is 15.9. The van der Waals surface area contributed by atoms with Crippen molar-refractivity contribution in [2.45, 2.75) is 12.8 Å². The Balaban J connectivity index is 1.89. The van der Waals surface area contributed by atoms with Gasteiger partial charge >= 0.3 is 5.69 Å². The topological polar surface area (TPSA) is 102 Å². The molecule has 4 aromatic rings. The number of aromatic amines is 3. The summed E-state index contributed by atoms with van der Waals surface area (Å²) < 4.78 is 0. The molecule has 1 atom stereocenters. The van der Waals surface area contributed by atoms with E-state index in [4.69, 9.17) is 0 Å². The highest BCUT2D eigenvalue weighted by atomic mass is 16.2. The number of benzene rings is 2. The molecule has 3 N–H and O–H groups in total. The van der Waals surface area contributed by atoms with Crippen LogP contribution in [0, 0.1) is 6.92 Å². The van der Waals surface area contributed by atoms with Crippen molar-refractivity contribution in [3.05, 3.63) is 86.1 Å². The molecule has 1 aliphatic rings. The molecular formula is C22H18N4O3. The molecule has 2 aromatic heterocycles. The highest BCUT2D eigenvalue weighted by Gasteiger charge is 2.39. The van der Waals surface area contributed by atoms with Crippen LogP contribution in [-0.2, 0) is 4.79 Å². The van der Waals surface area contributed by atoms with Gasteiger partial charge in [0.1, 0.15) is 5.65 Å². The fourth-order valence-corrected chi connectivity index (χ4v) is 4.15. The largest absolute Gasteiger partial charge is 0.340 e. The van der Waals surface area contributed by atoms with Crippen LogP contribution >= 0.6 is 0 Å². The number of fused-ring (bicyclic) bond motifs is 2. The molecule has 2 aromatic carbocycles. The van der Waals surface area contributed by atoms with E-state index < -0.39 is 17.2 Å². The summed E-state index contributed by atoms with van der Waals surface area (Å²) in [7, 11) is 1.73. The van der Waals surface area contributed by atoms with E-state index in [2.05, 4.69) is 15.0 Å². The van der Waals surface area contributed by atoms with E-state index in [0.717, 1.165) is 22.4 Å². The number of rotatable bonds is 2. The summed E-state index contributed by atoms with van der Waals surface area (Å²) in [5.74, 6) is -0.765. The van der Waals surface area contributed by atoms with E-state index in [9.17, 15) is 14.4 Å². The third-order valence-corrected chi connectivity index (χ3v) is 5.55. The van der Waals surface area contributed by atoms with E-state index in [1.54, 1.807) is 11.9 Å². The van der Waals surface area contributed by atoms with Gasteiger partial charge in [0.15, 0.2) is 0 Å². The summed E-state index contributed by atoms with van der Waals surface area (Å²) in [6.07, 6.45) is 0. The number of aryl methyl sites for hydroxylation is 1. The van der Waals surface area contributed by atoms with Crippen molar-refractivity contribution in [3.63, 3.8) is 0 Å². The maximum atomic E-state index is 13.2. The number of nitrogens with zero attached hydrogens (tertiary/aromatic N) is 1. The van der Waals surface area contributed by atoms with Gasteiger partial charge < -0.3 is 9.88 Å². The van der Waals surface area contributed by atoms with Crippen LogP contribution in [0.15, 0.2) is 58.1 Å². The van der Waals surface area contributed by atoms with Gasteiger partial charge in [0.2, 0.25) is 5.91 Å². The first kappa shape index (κ1) is 17.2. The molecule has 1 unspecified atom stereocenters. The minimum atomic E-state index is -0.645. The molecule has 1 aliphatic heterocycles. The molecule has 7 nitrogen and oxygen atoms in total. The number of amides is 1. The Hall–Kier alpha value is -3.87. The number of para-hydroxylation sites is 1. The summed E-state index contributed by atoms with van der Waals surface area (Å²) in [5.41, 5.74) is 3.99. The Morgan fingerprint density at radius 3 is 2.38 bits per heavy atom. The van der Waals surface area contributed by atoms with Crippen LogP contribution in [0.5, 0.6) is 0 Å². The first-order valence-electron chi connectivity index (χ1n) is 9.27. The molecule has 0 radical (unpaired) electrons. The van der Waals surface area contributed by atoms with Gasteiger partial charge in [-0.2, -0.15) is 0 Å². The van der Waals surface area contributed by atoms with E-state index >= 15 is 0 Å². The highest BCUT2D eigenvalue weighted by molar-refractivity contribution is 6.10. The van der Waals surface area contributed by atoms with Crippen LogP contribution in [0.4, 0.5) is 5.69 Å². The molecule has 144 valence electrons. The van der Waals surface area contributed by atoms with E-state index in [1.807, 2.05) is 55.5 Å². The van der Waals surface area contributed by atoms with Crippen molar-refractivity contribution < 1.29 is 4.79 Å². The number of H-pyrrole nitrogens is 3. The zero-order valence-corrected chi connectivity index (χ0v) is 15.9. The summed E-state index contributed by atoms with van der Waals surface area (Å²) in [4.78, 5) is 47.6. The van der Waals surface area contributed by atoms with Gasteiger partial charge in [-0.25, -0.2) is 4.79 Å². The second-order valence-electron chi connectivity index (χ2n) is 7.33. The molecule has 5 rings (SSSR count). The standard InChI is InChI=1S/C22H18N4O3/c1-11-7-9-12(10-8-11)18-16(17-19(23-18)24-22(29)25-20(17)27)15-13-5-3-4-6-14(13)26(2)21(15)28/h3-10,15H,1-2H3,(H3,23,24,25,27,29). The summed E-state index contributed by atoms with van der Waals surface area (Å²) in [6, 6.07) is 15.4. The van der Waals surface area contributed by atoms with Gasteiger partial charge in [-0.15, -0.1) is 0 Å². The van der Waals surface area contributed by atoms with Crippen LogP contribution in [-0.4, -0.2) is 27.9 Å². The van der Waals surface area contributed by atoms with Crippen molar-refractivity contribution in [3.8, 4) is 11.3 Å². The smallest absolute Gasteiger partial charge is 0.327 e. The van der Waals surface area contributed by atoms with Crippen molar-refractivity contribution in [2.24, 2.45) is 0 Å². The van der Waals surface area contributed by atoms with Crippen LogP contribution < -0.4 is 16.1 Å². The van der Waals surface area contributed by atoms with Gasteiger partial charge in [-0.3, -0.25) is 19.6 Å². The lowest BCUT2D eigenvalue weighted by Gasteiger charge is -2.13. The zero-order chi connectivity index (χ0) is 20.3. The minimum Gasteiger partial charge on any atom is -0.340 e. The average molecular weight is 386 g/mol. The zero-order valence-electron chi connectivity index (χ0n) is 15.9. The molecule has 0 saturated heterocycles. The SMILES string of the molecule is Cc1ccc(-c2[nH]c3[nH]c(=O)[nH]c(=O)c3c2C2C(=O)N(C)c3ccccc32)cc1. The van der Waals surface area contributed by atoms with Gasteiger partial charge in [0.05, 0.1) is 17.0 Å². The minimum absolute atomic E-state index is 0.119. The molecule has 0 aliphatic carbocycles. The van der Waals surface area contributed by atoms with Crippen LogP contribution in [0.25, 0.3) is 22.3 Å². The van der Waals surface area contributed by atoms with Crippen LogP contribution in [0.1, 0.15) is 22.6 Å². The molecule has 7 heteroatoms. The fourth-order valence-electron chi connectivity index (χ4n) is 4.15. The Kier molecular flexibility index (Phi) is 3.61. The van der Waals surface area contributed by atoms with Crippen LogP contribution in [0.3, 0.4) is 0 Å². The number of anilines is 1. The number of hydrogen-bond donors (Lipinski definition) is 3. The Labute approximate surface area is 165 Å². The fraction of sp³-hybridized carbons (Fsp3) is 0.136. The maximum absolute atomic E-state index is 13.2. The summed E-state index contributed by atoms with van der Waals surface area (Å²) in [6.45, 7) is 1.99. The number of carbonyl (C=O) groups is 1. The number of nitrogens with one attached hydrogen (secondary N) is 3. The first-order chi connectivity index (χ1) is 14.0. The quantitative estimate of drug-likeness (QED) is 0.493. The van der Waals surface area contributed by atoms with Crippen molar-refractivity contribution in [1.82, 2.24) is 15.0 Å². The van der Waals surface area contributed by atoms with Crippen LogP contribution in [0.2, 0.25) is 0 Å². The van der Waals surface area contributed by atoms with Crippen molar-refractivity contribution in [2.75, 3.05) is 11.9 Å². The third-order valence-electron chi connectivity index (χ3n) is 5.55. The molecule has 0 fully saturated rings. The molecule has 0 spiro atoms. The third kappa shape index (κ3) is 2.47. The molecule has 3 heterocycles. The average Bonchev–Trinajstić information content (AvgIpc) is 3.18.